The molecule has 0 heterocycles. The number of hydrogen-bond donors (Lipinski definition) is 0. The molecule has 0 fully saturated rings. The van der Waals surface area contributed by atoms with Crippen LogP contribution >= 0.6 is 0 Å². The zero-order valence-electron chi connectivity index (χ0n) is 11.9. The summed E-state index contributed by atoms with van der Waals surface area (Å²) in [7, 11) is 0. The Morgan fingerprint density at radius 2 is 1.73 bits per heavy atom. The van der Waals surface area contributed by atoms with E-state index < -0.39 is 30.1 Å². The standard InChI is InChI=1S/C14H14F6N2/c1-9(2)7-22(8-13(15,16)17)10-4-5-12(21-3)11(6-10)14(18,19)20/h4-6,9H,7-8H2,1-2H3. The van der Waals surface area contributed by atoms with E-state index in [4.69, 9.17) is 6.57 Å². The van der Waals surface area contributed by atoms with E-state index in [1.54, 1.807) is 13.8 Å². The van der Waals surface area contributed by atoms with Crippen molar-refractivity contribution in [3.05, 3.63) is 35.2 Å². The molecule has 0 atom stereocenters. The van der Waals surface area contributed by atoms with E-state index in [0.717, 1.165) is 17.0 Å². The van der Waals surface area contributed by atoms with Crippen molar-refractivity contribution in [1.29, 1.82) is 0 Å². The number of nitrogens with zero attached hydrogens (tertiary/aromatic N) is 2. The number of halogens is 6. The van der Waals surface area contributed by atoms with Gasteiger partial charge in [0.25, 0.3) is 0 Å². The SMILES string of the molecule is [C-]#[N+]c1ccc(N(CC(C)C)CC(F)(F)F)cc1C(F)(F)F. The predicted molar refractivity (Wildman–Crippen MR) is 70.8 cm³/mol. The molecule has 8 heteroatoms. The summed E-state index contributed by atoms with van der Waals surface area (Å²) in [4.78, 5) is 3.60. The van der Waals surface area contributed by atoms with Gasteiger partial charge in [0, 0.05) is 12.2 Å². The van der Waals surface area contributed by atoms with Crippen molar-refractivity contribution in [3.63, 3.8) is 0 Å². The second kappa shape index (κ2) is 6.46. The van der Waals surface area contributed by atoms with Crippen LogP contribution in [0.5, 0.6) is 0 Å². The van der Waals surface area contributed by atoms with E-state index in [1.807, 2.05) is 0 Å². The molecular formula is C14H14F6N2. The van der Waals surface area contributed by atoms with Crippen LogP contribution in [0.4, 0.5) is 37.7 Å². The summed E-state index contributed by atoms with van der Waals surface area (Å²) in [6.45, 7) is 8.67. The molecule has 0 aliphatic rings. The Bertz CT molecular complexity index is 554. The molecule has 0 N–H and O–H groups in total. The normalized spacial score (nSPS) is 12.4. The van der Waals surface area contributed by atoms with Gasteiger partial charge >= 0.3 is 12.4 Å². The highest BCUT2D eigenvalue weighted by molar-refractivity contribution is 5.62. The summed E-state index contributed by atoms with van der Waals surface area (Å²) >= 11 is 0. The monoisotopic (exact) mass is 324 g/mol. The lowest BCUT2D eigenvalue weighted by Gasteiger charge is -2.28. The molecule has 0 radical (unpaired) electrons. The predicted octanol–water partition coefficient (Wildman–Crippen LogP) is 5.28. The number of hydrogen-bond acceptors (Lipinski definition) is 1. The van der Waals surface area contributed by atoms with Crippen molar-refractivity contribution in [2.45, 2.75) is 26.2 Å². The van der Waals surface area contributed by atoms with Crippen molar-refractivity contribution in [1.82, 2.24) is 0 Å². The summed E-state index contributed by atoms with van der Waals surface area (Å²) in [5.74, 6) is -0.169. The minimum absolute atomic E-state index is 0.0474. The zero-order chi connectivity index (χ0) is 17.1. The Morgan fingerprint density at radius 3 is 2.14 bits per heavy atom. The molecule has 122 valence electrons. The van der Waals surface area contributed by atoms with Crippen LogP contribution in [0.1, 0.15) is 19.4 Å². The average molecular weight is 324 g/mol. The molecule has 1 aromatic carbocycles. The highest BCUT2D eigenvalue weighted by atomic mass is 19.4. The van der Waals surface area contributed by atoms with Crippen LogP contribution in [-0.4, -0.2) is 19.3 Å². The van der Waals surface area contributed by atoms with Gasteiger partial charge < -0.3 is 4.90 Å². The van der Waals surface area contributed by atoms with Crippen LogP contribution in [0.25, 0.3) is 4.85 Å². The average Bonchev–Trinajstić information content (AvgIpc) is 2.34. The number of alkyl halides is 6. The smallest absolute Gasteiger partial charge is 0.362 e. The molecule has 22 heavy (non-hydrogen) atoms. The van der Waals surface area contributed by atoms with Crippen LogP contribution in [-0.2, 0) is 6.18 Å². The number of anilines is 1. The zero-order valence-corrected chi connectivity index (χ0v) is 11.9. The van der Waals surface area contributed by atoms with Gasteiger partial charge in [-0.1, -0.05) is 19.9 Å². The van der Waals surface area contributed by atoms with E-state index in [9.17, 15) is 26.3 Å². The number of rotatable bonds is 4. The molecule has 0 saturated carbocycles. The van der Waals surface area contributed by atoms with E-state index in [2.05, 4.69) is 4.85 Å². The maximum Gasteiger partial charge on any atom is 0.407 e. The fourth-order valence-electron chi connectivity index (χ4n) is 1.96. The third kappa shape index (κ3) is 5.13. The highest BCUT2D eigenvalue weighted by Gasteiger charge is 2.35. The van der Waals surface area contributed by atoms with E-state index in [-0.39, 0.29) is 18.2 Å². The van der Waals surface area contributed by atoms with E-state index >= 15 is 0 Å². The second-order valence-electron chi connectivity index (χ2n) is 5.20. The molecule has 0 aliphatic heterocycles. The van der Waals surface area contributed by atoms with Crippen LogP contribution in [0.3, 0.4) is 0 Å². The van der Waals surface area contributed by atoms with Crippen LogP contribution in [0.2, 0.25) is 0 Å². The third-order valence-electron chi connectivity index (χ3n) is 2.73. The lowest BCUT2D eigenvalue weighted by atomic mass is 10.1. The summed E-state index contributed by atoms with van der Waals surface area (Å²) in [5.41, 5.74) is -2.06. The number of benzene rings is 1. The Morgan fingerprint density at radius 1 is 1.14 bits per heavy atom. The van der Waals surface area contributed by atoms with Crippen LogP contribution in [0, 0.1) is 12.5 Å². The van der Waals surface area contributed by atoms with E-state index in [0.29, 0.717) is 6.07 Å². The first-order chi connectivity index (χ1) is 9.94. The topological polar surface area (TPSA) is 7.60 Å². The van der Waals surface area contributed by atoms with Crippen LogP contribution < -0.4 is 4.90 Å². The van der Waals surface area contributed by atoms with Crippen molar-refractivity contribution < 1.29 is 26.3 Å². The van der Waals surface area contributed by atoms with Gasteiger partial charge in [-0.05, 0) is 18.1 Å². The fourth-order valence-corrected chi connectivity index (χ4v) is 1.96. The molecule has 0 saturated heterocycles. The molecule has 0 spiro atoms. The molecule has 1 aromatic rings. The van der Waals surface area contributed by atoms with Crippen molar-refractivity contribution in [2.75, 3.05) is 18.0 Å². The maximum atomic E-state index is 12.9. The maximum absolute atomic E-state index is 12.9. The van der Waals surface area contributed by atoms with Crippen LogP contribution in [0.15, 0.2) is 18.2 Å². The van der Waals surface area contributed by atoms with Crippen molar-refractivity contribution >= 4 is 11.4 Å². The first-order valence-electron chi connectivity index (χ1n) is 6.34. The highest BCUT2D eigenvalue weighted by Crippen LogP contribution is 2.39. The Labute approximate surface area is 124 Å². The van der Waals surface area contributed by atoms with Gasteiger partial charge in [-0.2, -0.15) is 26.3 Å². The third-order valence-corrected chi connectivity index (χ3v) is 2.73. The van der Waals surface area contributed by atoms with E-state index in [1.165, 1.54) is 0 Å². The summed E-state index contributed by atoms with van der Waals surface area (Å²) in [6.07, 6.45) is -9.33. The molecular weight excluding hydrogens is 310 g/mol. The summed E-state index contributed by atoms with van der Waals surface area (Å²) in [6, 6.07) is 2.60. The lowest BCUT2D eigenvalue weighted by molar-refractivity contribution is -0.136. The van der Waals surface area contributed by atoms with Gasteiger partial charge in [-0.15, -0.1) is 0 Å². The Hall–Kier alpha value is -1.91. The Balaban J connectivity index is 3.28. The van der Waals surface area contributed by atoms with Gasteiger partial charge in [0.1, 0.15) is 6.54 Å². The molecule has 0 aliphatic carbocycles. The molecule has 0 bridgehead atoms. The summed E-state index contributed by atoms with van der Waals surface area (Å²) in [5, 5.41) is 0. The van der Waals surface area contributed by atoms with Crippen molar-refractivity contribution in [2.24, 2.45) is 5.92 Å². The first-order valence-corrected chi connectivity index (χ1v) is 6.34. The molecule has 0 amide bonds. The largest absolute Gasteiger partial charge is 0.407 e. The van der Waals surface area contributed by atoms with Gasteiger partial charge in [0.2, 0.25) is 0 Å². The minimum atomic E-state index is -4.79. The first kappa shape index (κ1) is 18.1. The summed E-state index contributed by atoms with van der Waals surface area (Å²) < 4.78 is 76.5. The van der Waals surface area contributed by atoms with Gasteiger partial charge in [-0.3, -0.25) is 0 Å². The fraction of sp³-hybridized carbons (Fsp3) is 0.500. The Kier molecular flexibility index (Phi) is 5.33. The molecule has 0 aromatic heterocycles. The lowest BCUT2D eigenvalue weighted by Crippen LogP contribution is -2.36. The quantitative estimate of drug-likeness (QED) is 0.540. The van der Waals surface area contributed by atoms with Gasteiger partial charge in [-0.25, -0.2) is 4.85 Å². The molecule has 2 nitrogen and oxygen atoms in total. The minimum Gasteiger partial charge on any atom is -0.362 e. The molecule has 1 rings (SSSR count). The van der Waals surface area contributed by atoms with Crippen molar-refractivity contribution in [3.8, 4) is 0 Å². The van der Waals surface area contributed by atoms with Gasteiger partial charge in [0.05, 0.1) is 12.1 Å². The second-order valence-corrected chi connectivity index (χ2v) is 5.20. The molecule has 0 unspecified atom stereocenters. The van der Waals surface area contributed by atoms with Gasteiger partial charge in [0.15, 0.2) is 5.69 Å².